The molecule has 1 aliphatic carbocycles. The van der Waals surface area contributed by atoms with Crippen molar-refractivity contribution in [2.24, 2.45) is 11.8 Å². The maximum absolute atomic E-state index is 12.7. The van der Waals surface area contributed by atoms with Gasteiger partial charge in [-0.1, -0.05) is 19.3 Å². The minimum atomic E-state index is 0.279. The number of rotatable bonds is 5. The molecule has 0 bridgehead atoms. The lowest BCUT2D eigenvalue weighted by Gasteiger charge is -2.35. The second kappa shape index (κ2) is 9.08. The molecule has 0 aromatic carbocycles. The Hall–Kier alpha value is -2.57. The molecule has 0 unspecified atom stereocenters. The largest absolute Gasteiger partial charge is 0.342 e. The summed E-state index contributed by atoms with van der Waals surface area (Å²) in [5.74, 6) is 2.48. The number of amides is 1. The molecule has 2 fully saturated rings. The molecule has 7 heteroatoms. The molecule has 1 amide bonds. The van der Waals surface area contributed by atoms with Crippen molar-refractivity contribution in [2.75, 3.05) is 18.4 Å². The van der Waals surface area contributed by atoms with E-state index in [0.717, 1.165) is 50.9 Å². The topological polar surface area (TPSA) is 83.9 Å². The van der Waals surface area contributed by atoms with Crippen molar-refractivity contribution in [2.45, 2.75) is 51.4 Å². The standard InChI is InChI=1S/C21H28N6O/c28-20(17-5-2-1-3-6-17)27-11-7-16(8-12-27)13-18-14-19(25-15-24-18)26-21-22-9-4-10-23-21/h4,9-10,14-17H,1-3,5-8,11-13H2,(H,22,23,24,25,26). The number of nitrogens with one attached hydrogen (secondary N) is 1. The molecule has 4 rings (SSSR count). The summed E-state index contributed by atoms with van der Waals surface area (Å²) in [6, 6.07) is 3.75. The first-order valence-electron chi connectivity index (χ1n) is 10.4. The number of aromatic nitrogens is 4. The lowest BCUT2D eigenvalue weighted by atomic mass is 9.86. The first-order valence-corrected chi connectivity index (χ1v) is 10.4. The number of hydrogen-bond acceptors (Lipinski definition) is 6. The predicted molar refractivity (Wildman–Crippen MR) is 107 cm³/mol. The highest BCUT2D eigenvalue weighted by atomic mass is 16.2. The minimum Gasteiger partial charge on any atom is -0.342 e. The highest BCUT2D eigenvalue weighted by Gasteiger charge is 2.29. The van der Waals surface area contributed by atoms with Crippen molar-refractivity contribution in [3.05, 3.63) is 36.5 Å². The molecule has 1 saturated heterocycles. The van der Waals surface area contributed by atoms with Crippen LogP contribution in [0.3, 0.4) is 0 Å². The van der Waals surface area contributed by atoms with Gasteiger partial charge in [-0.15, -0.1) is 0 Å². The second-order valence-electron chi connectivity index (χ2n) is 7.90. The lowest BCUT2D eigenvalue weighted by molar-refractivity contribution is -0.138. The van der Waals surface area contributed by atoms with E-state index in [1.54, 1.807) is 24.8 Å². The third kappa shape index (κ3) is 4.82. The van der Waals surface area contributed by atoms with Crippen molar-refractivity contribution < 1.29 is 4.79 Å². The number of piperidine rings is 1. The zero-order valence-corrected chi connectivity index (χ0v) is 16.3. The zero-order valence-electron chi connectivity index (χ0n) is 16.3. The Balaban J connectivity index is 1.29. The summed E-state index contributed by atoms with van der Waals surface area (Å²) in [5.41, 5.74) is 1.02. The summed E-state index contributed by atoms with van der Waals surface area (Å²) >= 11 is 0. The monoisotopic (exact) mass is 380 g/mol. The predicted octanol–water partition coefficient (Wildman–Crippen LogP) is 3.37. The summed E-state index contributed by atoms with van der Waals surface area (Å²) in [6.07, 6.45) is 13.9. The van der Waals surface area contributed by atoms with E-state index in [1.807, 2.05) is 6.07 Å². The fourth-order valence-corrected chi connectivity index (χ4v) is 4.32. The SMILES string of the molecule is O=C(C1CCCCC1)N1CCC(Cc2cc(Nc3ncccn3)ncn2)CC1. The van der Waals surface area contributed by atoms with E-state index in [9.17, 15) is 4.79 Å². The van der Waals surface area contributed by atoms with Crippen molar-refractivity contribution in [1.29, 1.82) is 0 Å². The molecule has 1 aliphatic heterocycles. The van der Waals surface area contributed by atoms with Crippen LogP contribution in [0.5, 0.6) is 0 Å². The van der Waals surface area contributed by atoms with Crippen LogP contribution in [0.2, 0.25) is 0 Å². The molecule has 7 nitrogen and oxygen atoms in total. The van der Waals surface area contributed by atoms with Gasteiger partial charge in [0.2, 0.25) is 11.9 Å². The van der Waals surface area contributed by atoms with Gasteiger partial charge in [0.05, 0.1) is 0 Å². The van der Waals surface area contributed by atoms with E-state index in [0.29, 0.717) is 23.6 Å². The molecule has 1 saturated carbocycles. The van der Waals surface area contributed by atoms with Crippen LogP contribution in [0, 0.1) is 11.8 Å². The van der Waals surface area contributed by atoms with E-state index in [4.69, 9.17) is 0 Å². The number of carbonyl (C=O) groups excluding carboxylic acids is 1. The number of nitrogens with zero attached hydrogens (tertiary/aromatic N) is 5. The van der Waals surface area contributed by atoms with E-state index < -0.39 is 0 Å². The lowest BCUT2D eigenvalue weighted by Crippen LogP contribution is -2.42. The van der Waals surface area contributed by atoms with Gasteiger partial charge >= 0.3 is 0 Å². The molecule has 0 radical (unpaired) electrons. The highest BCUT2D eigenvalue weighted by molar-refractivity contribution is 5.79. The average molecular weight is 380 g/mol. The van der Waals surface area contributed by atoms with E-state index in [1.165, 1.54) is 19.3 Å². The van der Waals surface area contributed by atoms with Crippen LogP contribution in [-0.4, -0.2) is 43.8 Å². The van der Waals surface area contributed by atoms with Gasteiger partial charge in [0.15, 0.2) is 0 Å². The Morgan fingerprint density at radius 2 is 1.75 bits per heavy atom. The quantitative estimate of drug-likeness (QED) is 0.856. The second-order valence-corrected chi connectivity index (χ2v) is 7.90. The van der Waals surface area contributed by atoms with Crippen molar-refractivity contribution in [1.82, 2.24) is 24.8 Å². The Bertz CT molecular complexity index is 769. The van der Waals surface area contributed by atoms with Gasteiger partial charge in [-0.3, -0.25) is 4.79 Å². The molecular formula is C21H28N6O. The average Bonchev–Trinajstić information content (AvgIpc) is 2.75. The number of anilines is 2. The van der Waals surface area contributed by atoms with Crippen molar-refractivity contribution >= 4 is 17.7 Å². The molecule has 3 heterocycles. The van der Waals surface area contributed by atoms with Crippen LogP contribution < -0.4 is 5.32 Å². The number of hydrogen-bond donors (Lipinski definition) is 1. The molecule has 2 aromatic rings. The third-order valence-electron chi connectivity index (χ3n) is 5.91. The molecule has 148 valence electrons. The molecular weight excluding hydrogens is 352 g/mol. The fraction of sp³-hybridized carbons (Fsp3) is 0.571. The van der Waals surface area contributed by atoms with Crippen molar-refractivity contribution in [3.8, 4) is 0 Å². The van der Waals surface area contributed by atoms with Gasteiger partial charge in [-0.25, -0.2) is 19.9 Å². The van der Waals surface area contributed by atoms with Crippen LogP contribution in [0.15, 0.2) is 30.9 Å². The zero-order chi connectivity index (χ0) is 19.2. The smallest absolute Gasteiger partial charge is 0.228 e. The Morgan fingerprint density at radius 1 is 1.00 bits per heavy atom. The van der Waals surface area contributed by atoms with E-state index in [-0.39, 0.29) is 5.92 Å². The van der Waals surface area contributed by atoms with E-state index in [2.05, 4.69) is 30.2 Å². The van der Waals surface area contributed by atoms with Gasteiger partial charge < -0.3 is 10.2 Å². The number of likely N-dealkylation sites (tertiary alicyclic amines) is 1. The molecule has 2 aromatic heterocycles. The Labute approximate surface area is 166 Å². The van der Waals surface area contributed by atoms with Crippen LogP contribution in [-0.2, 0) is 11.2 Å². The molecule has 0 spiro atoms. The maximum atomic E-state index is 12.7. The molecule has 1 N–H and O–H groups in total. The third-order valence-corrected chi connectivity index (χ3v) is 5.91. The van der Waals surface area contributed by atoms with Gasteiger partial charge in [0.1, 0.15) is 12.1 Å². The summed E-state index contributed by atoms with van der Waals surface area (Å²) in [6.45, 7) is 1.77. The maximum Gasteiger partial charge on any atom is 0.228 e. The van der Waals surface area contributed by atoms with Gasteiger partial charge in [0, 0.05) is 43.2 Å². The molecule has 2 aliphatic rings. The van der Waals surface area contributed by atoms with Crippen LogP contribution in [0.25, 0.3) is 0 Å². The van der Waals surface area contributed by atoms with Gasteiger partial charge in [-0.05, 0) is 44.1 Å². The Morgan fingerprint density at radius 3 is 2.50 bits per heavy atom. The highest BCUT2D eigenvalue weighted by Crippen LogP contribution is 2.28. The normalized spacial score (nSPS) is 18.8. The van der Waals surface area contributed by atoms with Crippen molar-refractivity contribution in [3.63, 3.8) is 0 Å². The summed E-state index contributed by atoms with van der Waals surface area (Å²) in [7, 11) is 0. The Kier molecular flexibility index (Phi) is 6.09. The first kappa shape index (κ1) is 18.8. The summed E-state index contributed by atoms with van der Waals surface area (Å²) < 4.78 is 0. The molecule has 28 heavy (non-hydrogen) atoms. The van der Waals surface area contributed by atoms with Gasteiger partial charge in [0.25, 0.3) is 0 Å². The number of carbonyl (C=O) groups is 1. The van der Waals surface area contributed by atoms with Crippen LogP contribution in [0.4, 0.5) is 11.8 Å². The summed E-state index contributed by atoms with van der Waals surface area (Å²) in [4.78, 5) is 31.8. The van der Waals surface area contributed by atoms with E-state index >= 15 is 0 Å². The van der Waals surface area contributed by atoms with Crippen LogP contribution >= 0.6 is 0 Å². The fourth-order valence-electron chi connectivity index (χ4n) is 4.32. The van der Waals surface area contributed by atoms with Gasteiger partial charge in [-0.2, -0.15) is 0 Å². The first-order chi connectivity index (χ1) is 13.8. The summed E-state index contributed by atoms with van der Waals surface area (Å²) in [5, 5.41) is 3.11. The molecule has 0 atom stereocenters. The van der Waals surface area contributed by atoms with Crippen LogP contribution in [0.1, 0.15) is 50.6 Å². The minimum absolute atomic E-state index is 0.279.